The van der Waals surface area contributed by atoms with Crippen molar-refractivity contribution in [2.24, 2.45) is 0 Å². The molecule has 0 bridgehead atoms. The first kappa shape index (κ1) is 27.9. The van der Waals surface area contributed by atoms with Crippen molar-refractivity contribution in [1.82, 2.24) is 34.3 Å². The van der Waals surface area contributed by atoms with Gasteiger partial charge in [-0.2, -0.15) is 5.10 Å². The molecule has 0 saturated carbocycles. The van der Waals surface area contributed by atoms with Crippen LogP contribution in [0.5, 0.6) is 0 Å². The van der Waals surface area contributed by atoms with Gasteiger partial charge in [0, 0.05) is 75.6 Å². The fourth-order valence-corrected chi connectivity index (χ4v) is 6.69. The van der Waals surface area contributed by atoms with Crippen molar-refractivity contribution in [3.63, 3.8) is 0 Å². The van der Waals surface area contributed by atoms with E-state index in [9.17, 15) is 4.79 Å². The van der Waals surface area contributed by atoms with Crippen LogP contribution in [0, 0.1) is 6.92 Å². The quantitative estimate of drug-likeness (QED) is 0.348. The van der Waals surface area contributed by atoms with Gasteiger partial charge in [0.25, 0.3) is 0 Å². The predicted octanol–water partition coefficient (Wildman–Crippen LogP) is 4.28. The number of hydrogen-bond acceptors (Lipinski definition) is 6. The molecule has 0 unspecified atom stereocenters. The molecule has 0 radical (unpaired) electrons. The SMILES string of the molecule is COCCN1CCN(CC(=O)N2CCC(c3ccc4[nH]c(-c5cc(C)c6ncnn6c5)c(C(C)C)c4c3)CC2)CC1. The number of hydrogen-bond donors (Lipinski definition) is 1. The van der Waals surface area contributed by atoms with Gasteiger partial charge in [0.2, 0.25) is 5.91 Å². The van der Waals surface area contributed by atoms with Crippen LogP contribution in [0.4, 0.5) is 0 Å². The molecule has 0 atom stereocenters. The zero-order chi connectivity index (χ0) is 28.5. The zero-order valence-corrected chi connectivity index (χ0v) is 24.9. The van der Waals surface area contributed by atoms with Crippen molar-refractivity contribution < 1.29 is 9.53 Å². The number of ether oxygens (including phenoxy) is 1. The predicted molar refractivity (Wildman–Crippen MR) is 162 cm³/mol. The molecule has 218 valence electrons. The molecular weight excluding hydrogens is 514 g/mol. The van der Waals surface area contributed by atoms with Crippen molar-refractivity contribution in [3.05, 3.63) is 53.5 Å². The molecule has 4 aromatic rings. The summed E-state index contributed by atoms with van der Waals surface area (Å²) in [5.41, 5.74) is 8.18. The summed E-state index contributed by atoms with van der Waals surface area (Å²) in [5, 5.41) is 5.69. The molecule has 41 heavy (non-hydrogen) atoms. The highest BCUT2D eigenvalue weighted by atomic mass is 16.5. The van der Waals surface area contributed by atoms with E-state index in [-0.39, 0.29) is 5.91 Å². The summed E-state index contributed by atoms with van der Waals surface area (Å²) >= 11 is 0. The fourth-order valence-electron chi connectivity index (χ4n) is 6.69. The minimum Gasteiger partial charge on any atom is -0.383 e. The number of piperidine rings is 1. The monoisotopic (exact) mass is 557 g/mol. The second-order valence-electron chi connectivity index (χ2n) is 12.1. The lowest BCUT2D eigenvalue weighted by atomic mass is 9.87. The maximum absolute atomic E-state index is 13.1. The molecule has 2 fully saturated rings. The van der Waals surface area contributed by atoms with Crippen LogP contribution in [0.25, 0.3) is 27.8 Å². The van der Waals surface area contributed by atoms with E-state index in [4.69, 9.17) is 4.74 Å². The third-order valence-electron chi connectivity index (χ3n) is 9.04. The average molecular weight is 558 g/mol. The Labute approximate surface area is 242 Å². The molecule has 2 aliphatic rings. The average Bonchev–Trinajstić information content (AvgIpc) is 3.62. The minimum absolute atomic E-state index is 0.279. The Kier molecular flexibility index (Phi) is 8.10. The molecule has 1 aromatic carbocycles. The van der Waals surface area contributed by atoms with Gasteiger partial charge in [-0.1, -0.05) is 19.9 Å². The number of aromatic amines is 1. The van der Waals surface area contributed by atoms with E-state index >= 15 is 0 Å². The molecule has 5 heterocycles. The van der Waals surface area contributed by atoms with E-state index in [1.54, 1.807) is 13.4 Å². The zero-order valence-electron chi connectivity index (χ0n) is 24.9. The maximum atomic E-state index is 13.1. The lowest BCUT2D eigenvalue weighted by Crippen LogP contribution is -2.51. The molecule has 2 saturated heterocycles. The Morgan fingerprint density at radius 2 is 1.83 bits per heavy atom. The Bertz CT molecular complexity index is 1510. The second-order valence-corrected chi connectivity index (χ2v) is 12.1. The number of likely N-dealkylation sites (tertiary alicyclic amines) is 1. The van der Waals surface area contributed by atoms with Crippen LogP contribution in [0.1, 0.15) is 55.2 Å². The van der Waals surface area contributed by atoms with Crippen molar-refractivity contribution >= 4 is 22.5 Å². The van der Waals surface area contributed by atoms with E-state index in [0.717, 1.165) is 87.7 Å². The summed E-state index contributed by atoms with van der Waals surface area (Å²) in [6.45, 7) is 14.5. The van der Waals surface area contributed by atoms with Gasteiger partial charge < -0.3 is 14.6 Å². The number of benzene rings is 1. The molecule has 9 heteroatoms. The summed E-state index contributed by atoms with van der Waals surface area (Å²) in [5.74, 6) is 1.11. The number of amides is 1. The number of carbonyl (C=O) groups excluding carboxylic acids is 1. The number of rotatable bonds is 8. The van der Waals surface area contributed by atoms with Gasteiger partial charge in [-0.25, -0.2) is 9.50 Å². The minimum atomic E-state index is 0.279. The lowest BCUT2D eigenvalue weighted by Gasteiger charge is -2.37. The first-order valence-electron chi connectivity index (χ1n) is 15.1. The number of pyridine rings is 1. The number of nitrogens with zero attached hydrogens (tertiary/aromatic N) is 6. The van der Waals surface area contributed by atoms with Crippen LogP contribution in [0.3, 0.4) is 0 Å². The van der Waals surface area contributed by atoms with E-state index < -0.39 is 0 Å². The summed E-state index contributed by atoms with van der Waals surface area (Å²) in [6, 6.07) is 9.13. The highest BCUT2D eigenvalue weighted by molar-refractivity contribution is 5.92. The van der Waals surface area contributed by atoms with Crippen LogP contribution in [0.2, 0.25) is 0 Å². The summed E-state index contributed by atoms with van der Waals surface area (Å²) in [4.78, 5) is 28.0. The van der Waals surface area contributed by atoms with Gasteiger partial charge in [0.15, 0.2) is 5.65 Å². The molecule has 9 nitrogen and oxygen atoms in total. The Morgan fingerprint density at radius 3 is 2.56 bits per heavy atom. The topological polar surface area (TPSA) is 82.0 Å². The molecule has 1 amide bonds. The molecule has 3 aromatic heterocycles. The third-order valence-corrected chi connectivity index (χ3v) is 9.04. The summed E-state index contributed by atoms with van der Waals surface area (Å²) in [6.07, 6.45) is 5.70. The number of fused-ring (bicyclic) bond motifs is 2. The largest absolute Gasteiger partial charge is 0.383 e. The van der Waals surface area contributed by atoms with Crippen LogP contribution in [0.15, 0.2) is 36.8 Å². The maximum Gasteiger partial charge on any atom is 0.236 e. The van der Waals surface area contributed by atoms with E-state index in [2.05, 4.69) is 81.0 Å². The highest BCUT2D eigenvalue weighted by Gasteiger charge is 2.27. The molecule has 2 aliphatic heterocycles. The first-order chi connectivity index (χ1) is 19.9. The van der Waals surface area contributed by atoms with E-state index in [1.165, 1.54) is 22.0 Å². The van der Waals surface area contributed by atoms with E-state index in [0.29, 0.717) is 18.4 Å². The Balaban J connectivity index is 1.13. The van der Waals surface area contributed by atoms with Crippen LogP contribution in [-0.4, -0.2) is 106 Å². The Morgan fingerprint density at radius 1 is 1.07 bits per heavy atom. The van der Waals surface area contributed by atoms with Crippen molar-refractivity contribution in [2.75, 3.05) is 66.1 Å². The molecule has 0 aliphatic carbocycles. The van der Waals surface area contributed by atoms with Gasteiger partial charge >= 0.3 is 0 Å². The van der Waals surface area contributed by atoms with Gasteiger partial charge in [-0.15, -0.1) is 0 Å². The fraction of sp³-hybridized carbons (Fsp3) is 0.531. The smallest absolute Gasteiger partial charge is 0.236 e. The number of aryl methyl sites for hydroxylation is 1. The Hall–Kier alpha value is -3.27. The second kappa shape index (κ2) is 11.9. The molecule has 0 spiro atoms. The van der Waals surface area contributed by atoms with Crippen molar-refractivity contribution in [2.45, 2.75) is 45.4 Å². The standard InChI is InChI=1S/C32H43N7O2/c1-22(2)30-27-18-25(5-6-28(27)35-31(30)26-17-23(3)32-33-21-34-39(32)19-26)24-7-9-38(10-8-24)29(40)20-37-13-11-36(12-14-37)15-16-41-4/h5-6,17-19,21-22,24,35H,7-16,20H2,1-4H3. The van der Waals surface area contributed by atoms with Crippen LogP contribution >= 0.6 is 0 Å². The number of methoxy groups -OCH3 is 1. The molecule has 1 N–H and O–H groups in total. The number of carbonyl (C=O) groups is 1. The number of aromatic nitrogens is 4. The molecular formula is C32H43N7O2. The van der Waals surface area contributed by atoms with Gasteiger partial charge in [0.05, 0.1) is 18.8 Å². The summed E-state index contributed by atoms with van der Waals surface area (Å²) < 4.78 is 7.07. The van der Waals surface area contributed by atoms with Crippen molar-refractivity contribution in [3.8, 4) is 11.3 Å². The number of nitrogens with one attached hydrogen (secondary N) is 1. The van der Waals surface area contributed by atoms with Gasteiger partial charge in [0.1, 0.15) is 6.33 Å². The van der Waals surface area contributed by atoms with Gasteiger partial charge in [-0.3, -0.25) is 14.6 Å². The number of H-pyrrole nitrogens is 1. The number of piperazine rings is 1. The summed E-state index contributed by atoms with van der Waals surface area (Å²) in [7, 11) is 1.75. The van der Waals surface area contributed by atoms with E-state index in [1.807, 2.05) is 4.52 Å². The van der Waals surface area contributed by atoms with Crippen LogP contribution < -0.4 is 0 Å². The third kappa shape index (κ3) is 5.76. The van der Waals surface area contributed by atoms with Crippen LogP contribution in [-0.2, 0) is 9.53 Å². The van der Waals surface area contributed by atoms with Crippen molar-refractivity contribution in [1.29, 1.82) is 0 Å². The first-order valence-corrected chi connectivity index (χ1v) is 15.1. The molecule has 6 rings (SSSR count). The van der Waals surface area contributed by atoms with Gasteiger partial charge in [-0.05, 0) is 66.5 Å². The normalized spacial score (nSPS) is 17.8. The highest BCUT2D eigenvalue weighted by Crippen LogP contribution is 2.38. The lowest BCUT2D eigenvalue weighted by molar-refractivity contribution is -0.133.